The Labute approximate surface area is 226 Å². The molecule has 5 nitrogen and oxygen atoms in total. The van der Waals surface area contributed by atoms with Crippen LogP contribution in [0.4, 0.5) is 5.69 Å². The highest BCUT2D eigenvalue weighted by molar-refractivity contribution is 7.99. The van der Waals surface area contributed by atoms with E-state index in [2.05, 4.69) is 26.1 Å². The molecular weight excluding hydrogens is 498 g/mol. The topological polar surface area (TPSA) is 64.0 Å². The van der Waals surface area contributed by atoms with Gasteiger partial charge in [-0.15, -0.1) is 11.3 Å². The van der Waals surface area contributed by atoms with Gasteiger partial charge in [-0.3, -0.25) is 14.2 Å². The first-order valence-electron chi connectivity index (χ1n) is 12.7. The number of aryl methyl sites for hydroxylation is 3. The Balaban J connectivity index is 1.53. The summed E-state index contributed by atoms with van der Waals surface area (Å²) in [6.45, 7) is 10.9. The highest BCUT2D eigenvalue weighted by atomic mass is 32.2. The highest BCUT2D eigenvalue weighted by Crippen LogP contribution is 2.42. The van der Waals surface area contributed by atoms with Crippen molar-refractivity contribution in [2.24, 2.45) is 11.3 Å². The number of thiophene rings is 1. The molecule has 0 saturated carbocycles. The van der Waals surface area contributed by atoms with Crippen LogP contribution in [0.5, 0.6) is 0 Å². The predicted molar refractivity (Wildman–Crippen MR) is 155 cm³/mol. The lowest BCUT2D eigenvalue weighted by Gasteiger charge is -2.33. The zero-order valence-electron chi connectivity index (χ0n) is 22.1. The Morgan fingerprint density at radius 3 is 2.59 bits per heavy atom. The first-order chi connectivity index (χ1) is 17.6. The van der Waals surface area contributed by atoms with Crippen molar-refractivity contribution in [1.82, 2.24) is 9.55 Å². The standard InChI is InChI=1S/C30H33N3O2S2/c1-18-9-12-22(13-10-18)33-28(35)26-23-14-11-20(30(3,4)5)16-24(23)37-27(26)32-29(33)36-17-25(34)31-21-8-6-7-19(2)15-21/h6-10,12-13,15,20H,11,14,16-17H2,1-5H3,(H,31,34). The van der Waals surface area contributed by atoms with Gasteiger partial charge in [-0.1, -0.05) is 62.4 Å². The first-order valence-corrected chi connectivity index (χ1v) is 14.5. The van der Waals surface area contributed by atoms with E-state index >= 15 is 0 Å². The van der Waals surface area contributed by atoms with Crippen molar-refractivity contribution in [2.75, 3.05) is 11.1 Å². The monoisotopic (exact) mass is 531 g/mol. The van der Waals surface area contributed by atoms with Crippen LogP contribution in [0.15, 0.2) is 58.5 Å². The molecule has 1 amide bonds. The third-order valence-electron chi connectivity index (χ3n) is 7.20. The minimum absolute atomic E-state index is 0.0397. The summed E-state index contributed by atoms with van der Waals surface area (Å²) < 4.78 is 1.69. The van der Waals surface area contributed by atoms with Gasteiger partial charge in [-0.2, -0.15) is 0 Å². The van der Waals surface area contributed by atoms with Crippen LogP contribution >= 0.6 is 23.1 Å². The molecule has 0 aliphatic heterocycles. The Morgan fingerprint density at radius 1 is 1.14 bits per heavy atom. The van der Waals surface area contributed by atoms with E-state index in [0.29, 0.717) is 11.1 Å². The number of carbonyl (C=O) groups is 1. The molecule has 37 heavy (non-hydrogen) atoms. The van der Waals surface area contributed by atoms with Crippen LogP contribution in [0.3, 0.4) is 0 Å². The van der Waals surface area contributed by atoms with Gasteiger partial charge in [0.1, 0.15) is 4.83 Å². The van der Waals surface area contributed by atoms with E-state index in [1.165, 1.54) is 22.2 Å². The van der Waals surface area contributed by atoms with E-state index in [0.717, 1.165) is 52.0 Å². The molecule has 2 aromatic carbocycles. The lowest BCUT2D eigenvalue weighted by atomic mass is 9.72. The number of nitrogens with zero attached hydrogens (tertiary/aromatic N) is 2. The molecule has 2 aromatic heterocycles. The fraction of sp³-hybridized carbons (Fsp3) is 0.367. The number of thioether (sulfide) groups is 1. The summed E-state index contributed by atoms with van der Waals surface area (Å²) >= 11 is 2.96. The van der Waals surface area contributed by atoms with Gasteiger partial charge in [-0.05, 0) is 79.8 Å². The number of aromatic nitrogens is 2. The van der Waals surface area contributed by atoms with Gasteiger partial charge < -0.3 is 5.32 Å². The van der Waals surface area contributed by atoms with Gasteiger partial charge in [0.15, 0.2) is 5.16 Å². The lowest BCUT2D eigenvalue weighted by molar-refractivity contribution is -0.113. The first kappa shape index (κ1) is 25.7. The fourth-order valence-electron chi connectivity index (χ4n) is 5.01. The second-order valence-electron chi connectivity index (χ2n) is 11.1. The number of anilines is 1. The maximum absolute atomic E-state index is 14.0. The number of hydrogen-bond donors (Lipinski definition) is 1. The van der Waals surface area contributed by atoms with Crippen molar-refractivity contribution in [3.05, 3.63) is 80.5 Å². The van der Waals surface area contributed by atoms with Crippen molar-refractivity contribution in [2.45, 2.75) is 59.0 Å². The molecule has 0 radical (unpaired) electrons. The molecule has 1 aliphatic carbocycles. The Bertz CT molecular complexity index is 1530. The molecule has 0 fully saturated rings. The highest BCUT2D eigenvalue weighted by Gasteiger charge is 2.32. The summed E-state index contributed by atoms with van der Waals surface area (Å²) in [5.74, 6) is 0.625. The van der Waals surface area contributed by atoms with E-state index in [-0.39, 0.29) is 22.6 Å². The minimum atomic E-state index is -0.126. The largest absolute Gasteiger partial charge is 0.325 e. The fourth-order valence-corrected chi connectivity index (χ4v) is 7.17. The van der Waals surface area contributed by atoms with E-state index in [1.54, 1.807) is 15.9 Å². The van der Waals surface area contributed by atoms with Crippen molar-refractivity contribution in [3.63, 3.8) is 0 Å². The normalized spacial score (nSPS) is 15.5. The summed E-state index contributed by atoms with van der Waals surface area (Å²) in [5, 5.41) is 4.26. The number of nitrogens with one attached hydrogen (secondary N) is 1. The van der Waals surface area contributed by atoms with Crippen LogP contribution in [0.1, 0.15) is 48.8 Å². The average Bonchev–Trinajstić information content (AvgIpc) is 3.21. The Hall–Kier alpha value is -2.90. The van der Waals surface area contributed by atoms with Crippen molar-refractivity contribution < 1.29 is 4.79 Å². The zero-order chi connectivity index (χ0) is 26.3. The number of rotatable bonds is 5. The number of carbonyl (C=O) groups excluding carboxylic acids is 1. The average molecular weight is 532 g/mol. The molecule has 1 atom stereocenters. The number of benzene rings is 2. The zero-order valence-corrected chi connectivity index (χ0v) is 23.7. The van der Waals surface area contributed by atoms with E-state index in [9.17, 15) is 9.59 Å². The number of fused-ring (bicyclic) bond motifs is 3. The van der Waals surface area contributed by atoms with Crippen LogP contribution in [-0.4, -0.2) is 21.2 Å². The van der Waals surface area contributed by atoms with Crippen molar-refractivity contribution >= 4 is 44.9 Å². The maximum atomic E-state index is 14.0. The van der Waals surface area contributed by atoms with Crippen molar-refractivity contribution in [3.8, 4) is 5.69 Å². The smallest absolute Gasteiger partial charge is 0.267 e. The third-order valence-corrected chi connectivity index (χ3v) is 9.29. The lowest BCUT2D eigenvalue weighted by Crippen LogP contribution is -2.27. The van der Waals surface area contributed by atoms with Crippen LogP contribution in [-0.2, 0) is 17.6 Å². The van der Waals surface area contributed by atoms with Gasteiger partial charge >= 0.3 is 0 Å². The summed E-state index contributed by atoms with van der Waals surface area (Å²) in [6.07, 6.45) is 2.99. The molecule has 5 rings (SSSR count). The Kier molecular flexibility index (Phi) is 7.03. The second kappa shape index (κ2) is 10.1. The molecule has 1 N–H and O–H groups in total. The quantitative estimate of drug-likeness (QED) is 0.224. The third kappa shape index (κ3) is 5.39. The predicted octanol–water partition coefficient (Wildman–Crippen LogP) is 6.95. The van der Waals surface area contributed by atoms with Crippen molar-refractivity contribution in [1.29, 1.82) is 0 Å². The minimum Gasteiger partial charge on any atom is -0.325 e. The van der Waals surface area contributed by atoms with Crippen LogP contribution in [0.25, 0.3) is 15.9 Å². The molecule has 0 saturated heterocycles. The molecule has 1 unspecified atom stereocenters. The molecule has 0 spiro atoms. The van der Waals surface area contributed by atoms with Crippen LogP contribution in [0, 0.1) is 25.2 Å². The van der Waals surface area contributed by atoms with Gasteiger partial charge in [0.2, 0.25) is 5.91 Å². The SMILES string of the molecule is Cc1ccc(-n2c(SCC(=O)Nc3cccc(C)c3)nc3sc4c(c3c2=O)CCC(C(C)(C)C)C4)cc1. The van der Waals surface area contributed by atoms with E-state index in [1.807, 2.05) is 62.4 Å². The Morgan fingerprint density at radius 2 is 1.89 bits per heavy atom. The van der Waals surface area contributed by atoms with E-state index in [4.69, 9.17) is 4.98 Å². The van der Waals surface area contributed by atoms with Gasteiger partial charge in [0.05, 0.1) is 16.8 Å². The molecule has 1 aliphatic rings. The summed E-state index contributed by atoms with van der Waals surface area (Å²) in [7, 11) is 0. The number of hydrogen-bond acceptors (Lipinski definition) is 5. The van der Waals surface area contributed by atoms with Gasteiger partial charge in [0.25, 0.3) is 5.56 Å². The maximum Gasteiger partial charge on any atom is 0.267 e. The van der Waals surface area contributed by atoms with Gasteiger partial charge in [0, 0.05) is 10.6 Å². The van der Waals surface area contributed by atoms with Crippen LogP contribution < -0.4 is 10.9 Å². The number of amides is 1. The van der Waals surface area contributed by atoms with E-state index < -0.39 is 0 Å². The molecule has 0 bridgehead atoms. The van der Waals surface area contributed by atoms with Gasteiger partial charge in [-0.25, -0.2) is 4.98 Å². The summed E-state index contributed by atoms with van der Waals surface area (Å²) in [6, 6.07) is 15.6. The molecule has 192 valence electrons. The van der Waals surface area contributed by atoms with Crippen LogP contribution in [0.2, 0.25) is 0 Å². The second-order valence-corrected chi connectivity index (χ2v) is 13.1. The molecule has 4 aromatic rings. The molecular formula is C30H33N3O2S2. The molecule has 2 heterocycles. The summed E-state index contributed by atoms with van der Waals surface area (Å²) in [5.41, 5.74) is 5.11. The summed E-state index contributed by atoms with van der Waals surface area (Å²) in [4.78, 5) is 33.9. The molecule has 7 heteroatoms.